The molecular formula is C9H15N3. The Hall–Kier alpha value is -0.860. The molecule has 1 aromatic heterocycles. The van der Waals surface area contributed by atoms with Gasteiger partial charge in [0.1, 0.15) is 0 Å². The van der Waals surface area contributed by atoms with Gasteiger partial charge in [-0.05, 0) is 18.8 Å². The topological polar surface area (TPSA) is 30.7 Å². The van der Waals surface area contributed by atoms with Crippen molar-refractivity contribution in [2.75, 3.05) is 0 Å². The molecule has 1 aliphatic rings. The number of hydrogen-bond donors (Lipinski definition) is 0. The van der Waals surface area contributed by atoms with Gasteiger partial charge in [-0.2, -0.15) is 0 Å². The van der Waals surface area contributed by atoms with E-state index in [-0.39, 0.29) is 0 Å². The van der Waals surface area contributed by atoms with Crippen LogP contribution in [0.4, 0.5) is 0 Å². The second kappa shape index (κ2) is 3.25. The van der Waals surface area contributed by atoms with Crippen LogP contribution in [0.3, 0.4) is 0 Å². The molecule has 0 spiro atoms. The van der Waals surface area contributed by atoms with E-state index in [1.807, 2.05) is 10.9 Å². The molecule has 0 bridgehead atoms. The summed E-state index contributed by atoms with van der Waals surface area (Å²) in [6.07, 6.45) is 9.00. The molecule has 0 N–H and O–H groups in total. The fourth-order valence-electron chi connectivity index (χ4n) is 2.05. The maximum atomic E-state index is 4.04. The van der Waals surface area contributed by atoms with Crippen LogP contribution < -0.4 is 0 Å². The van der Waals surface area contributed by atoms with Crippen molar-refractivity contribution in [1.29, 1.82) is 0 Å². The third kappa shape index (κ3) is 1.49. The summed E-state index contributed by atoms with van der Waals surface area (Å²) in [6, 6.07) is 0.608. The third-order valence-corrected chi connectivity index (χ3v) is 2.72. The molecule has 1 aromatic rings. The van der Waals surface area contributed by atoms with E-state index < -0.39 is 0 Å². The molecule has 66 valence electrons. The molecule has 0 aromatic carbocycles. The van der Waals surface area contributed by atoms with Gasteiger partial charge in [0.05, 0.1) is 12.2 Å². The first kappa shape index (κ1) is 7.77. The highest BCUT2D eigenvalue weighted by molar-refractivity contribution is 4.77. The molecule has 2 unspecified atom stereocenters. The summed E-state index contributed by atoms with van der Waals surface area (Å²) in [5.74, 6) is 0.855. The van der Waals surface area contributed by atoms with Crippen LogP contribution in [0.15, 0.2) is 12.4 Å². The second-order valence-electron chi connectivity index (χ2n) is 3.81. The van der Waals surface area contributed by atoms with Gasteiger partial charge in [0.25, 0.3) is 0 Å². The fraction of sp³-hybridized carbons (Fsp3) is 0.778. The van der Waals surface area contributed by atoms with E-state index in [1.54, 1.807) is 6.20 Å². The minimum absolute atomic E-state index is 0.608. The zero-order valence-corrected chi connectivity index (χ0v) is 7.48. The second-order valence-corrected chi connectivity index (χ2v) is 3.81. The fourth-order valence-corrected chi connectivity index (χ4v) is 2.05. The predicted octanol–water partition coefficient (Wildman–Crippen LogP) is 2.03. The Morgan fingerprint density at radius 3 is 3.00 bits per heavy atom. The van der Waals surface area contributed by atoms with Crippen molar-refractivity contribution >= 4 is 0 Å². The van der Waals surface area contributed by atoms with E-state index in [9.17, 15) is 0 Å². The van der Waals surface area contributed by atoms with Crippen molar-refractivity contribution in [3.8, 4) is 0 Å². The lowest BCUT2D eigenvalue weighted by Crippen LogP contribution is -2.18. The predicted molar refractivity (Wildman–Crippen MR) is 46.7 cm³/mol. The molecule has 3 nitrogen and oxygen atoms in total. The lowest BCUT2D eigenvalue weighted by molar-refractivity contribution is 0.263. The van der Waals surface area contributed by atoms with E-state index in [0.29, 0.717) is 6.04 Å². The van der Waals surface area contributed by atoms with Crippen LogP contribution in [0.5, 0.6) is 0 Å². The maximum Gasteiger partial charge on any atom is 0.0693 e. The largest absolute Gasteiger partial charge is 0.250 e. The maximum absolute atomic E-state index is 4.04. The molecular weight excluding hydrogens is 150 g/mol. The summed E-state index contributed by atoms with van der Waals surface area (Å²) in [7, 11) is 0. The van der Waals surface area contributed by atoms with Gasteiger partial charge in [0, 0.05) is 6.20 Å². The lowest BCUT2D eigenvalue weighted by Gasteiger charge is -2.26. The van der Waals surface area contributed by atoms with E-state index in [4.69, 9.17) is 0 Å². The van der Waals surface area contributed by atoms with Crippen LogP contribution in [0.25, 0.3) is 0 Å². The number of hydrogen-bond acceptors (Lipinski definition) is 2. The van der Waals surface area contributed by atoms with E-state index >= 15 is 0 Å². The average Bonchev–Trinajstić information content (AvgIpc) is 2.56. The Balaban J connectivity index is 2.04. The number of nitrogens with zero attached hydrogens (tertiary/aromatic N) is 3. The van der Waals surface area contributed by atoms with Gasteiger partial charge in [-0.1, -0.05) is 25.0 Å². The highest BCUT2D eigenvalue weighted by atomic mass is 15.4. The van der Waals surface area contributed by atoms with E-state index in [1.165, 1.54) is 25.7 Å². The highest BCUT2D eigenvalue weighted by Crippen LogP contribution is 2.31. The minimum atomic E-state index is 0.608. The van der Waals surface area contributed by atoms with Gasteiger partial charge in [-0.15, -0.1) is 5.10 Å². The zero-order chi connectivity index (χ0) is 8.39. The van der Waals surface area contributed by atoms with Crippen LogP contribution in [-0.2, 0) is 0 Å². The molecule has 0 radical (unpaired) electrons. The molecule has 2 atom stereocenters. The molecule has 12 heavy (non-hydrogen) atoms. The summed E-state index contributed by atoms with van der Waals surface area (Å²) in [4.78, 5) is 0. The standard InChI is InChI=1S/C9H15N3/c1-8-3-2-4-9(7-8)12-6-5-10-11-12/h5-6,8-9H,2-4,7H2,1H3. The Morgan fingerprint density at radius 1 is 1.42 bits per heavy atom. The Kier molecular flexibility index (Phi) is 2.11. The van der Waals surface area contributed by atoms with Crippen molar-refractivity contribution in [1.82, 2.24) is 15.0 Å². The summed E-state index contributed by atoms with van der Waals surface area (Å²) < 4.78 is 2.01. The summed E-state index contributed by atoms with van der Waals surface area (Å²) in [6.45, 7) is 2.32. The zero-order valence-electron chi connectivity index (χ0n) is 7.48. The van der Waals surface area contributed by atoms with Gasteiger partial charge in [0.15, 0.2) is 0 Å². The molecule has 2 rings (SSSR count). The monoisotopic (exact) mass is 165 g/mol. The first-order valence-electron chi connectivity index (χ1n) is 4.72. The molecule has 1 fully saturated rings. The van der Waals surface area contributed by atoms with Gasteiger partial charge in [0.2, 0.25) is 0 Å². The number of aromatic nitrogens is 3. The van der Waals surface area contributed by atoms with Crippen molar-refractivity contribution in [3.63, 3.8) is 0 Å². The van der Waals surface area contributed by atoms with Crippen molar-refractivity contribution in [2.45, 2.75) is 38.6 Å². The summed E-state index contributed by atoms with van der Waals surface area (Å²) in [5, 5.41) is 7.88. The van der Waals surface area contributed by atoms with Crippen molar-refractivity contribution in [2.24, 2.45) is 5.92 Å². The van der Waals surface area contributed by atoms with Crippen LogP contribution in [-0.4, -0.2) is 15.0 Å². The van der Waals surface area contributed by atoms with Crippen LogP contribution in [0, 0.1) is 5.92 Å². The SMILES string of the molecule is CC1CCCC(n2ccnn2)C1. The smallest absolute Gasteiger partial charge is 0.0693 e. The van der Waals surface area contributed by atoms with Crippen LogP contribution in [0.2, 0.25) is 0 Å². The first-order chi connectivity index (χ1) is 5.86. The molecule has 3 heteroatoms. The molecule has 0 saturated heterocycles. The van der Waals surface area contributed by atoms with Gasteiger partial charge >= 0.3 is 0 Å². The molecule has 1 saturated carbocycles. The van der Waals surface area contributed by atoms with Crippen molar-refractivity contribution < 1.29 is 0 Å². The van der Waals surface area contributed by atoms with Crippen LogP contribution in [0.1, 0.15) is 38.6 Å². The Morgan fingerprint density at radius 2 is 2.33 bits per heavy atom. The first-order valence-corrected chi connectivity index (χ1v) is 4.72. The molecule has 0 aliphatic heterocycles. The quantitative estimate of drug-likeness (QED) is 0.637. The van der Waals surface area contributed by atoms with Gasteiger partial charge in [-0.3, -0.25) is 0 Å². The molecule has 0 amide bonds. The molecule has 1 aliphatic carbocycles. The van der Waals surface area contributed by atoms with Gasteiger partial charge < -0.3 is 0 Å². The average molecular weight is 165 g/mol. The third-order valence-electron chi connectivity index (χ3n) is 2.72. The van der Waals surface area contributed by atoms with Crippen LogP contribution >= 0.6 is 0 Å². The Bertz CT molecular complexity index is 230. The molecule has 1 heterocycles. The van der Waals surface area contributed by atoms with E-state index in [0.717, 1.165) is 5.92 Å². The summed E-state index contributed by atoms with van der Waals surface area (Å²) >= 11 is 0. The Labute approximate surface area is 72.8 Å². The lowest BCUT2D eigenvalue weighted by atomic mass is 9.87. The number of rotatable bonds is 1. The minimum Gasteiger partial charge on any atom is -0.250 e. The summed E-state index contributed by atoms with van der Waals surface area (Å²) in [5.41, 5.74) is 0. The van der Waals surface area contributed by atoms with Gasteiger partial charge in [-0.25, -0.2) is 4.68 Å². The highest BCUT2D eigenvalue weighted by Gasteiger charge is 2.20. The normalized spacial score (nSPS) is 30.4. The van der Waals surface area contributed by atoms with Crippen molar-refractivity contribution in [3.05, 3.63) is 12.4 Å². The van der Waals surface area contributed by atoms with E-state index in [2.05, 4.69) is 17.2 Å².